The van der Waals surface area contributed by atoms with Gasteiger partial charge in [-0.1, -0.05) is 27.7 Å². The molecule has 1 N–H and O–H groups in total. The molecular weight excluding hydrogens is 166 g/mol. The van der Waals surface area contributed by atoms with Gasteiger partial charge in [0.1, 0.15) is 0 Å². The van der Waals surface area contributed by atoms with Gasteiger partial charge in [0.2, 0.25) is 0 Å². The average Bonchev–Trinajstić information content (AvgIpc) is 1.94. The third-order valence-electron chi connectivity index (χ3n) is 1.50. The molecule has 0 aliphatic carbocycles. The molecule has 0 radical (unpaired) electrons. The Balaban J connectivity index is 3.01. The summed E-state index contributed by atoms with van der Waals surface area (Å²) in [6.07, 6.45) is 1.30. The van der Waals surface area contributed by atoms with Gasteiger partial charge in [-0.05, 0) is 36.4 Å². The van der Waals surface area contributed by atoms with Crippen molar-refractivity contribution in [3.8, 4) is 0 Å². The largest absolute Gasteiger partial charge is 0.316 e. The Morgan fingerprint density at radius 3 is 2.42 bits per heavy atom. The summed E-state index contributed by atoms with van der Waals surface area (Å²) in [6.45, 7) is 11.3. The molecule has 12 heavy (non-hydrogen) atoms. The molecule has 0 aromatic rings. The van der Waals surface area contributed by atoms with Crippen LogP contribution in [0.4, 0.5) is 0 Å². The third-order valence-corrected chi connectivity index (χ3v) is 2.49. The number of thioether (sulfide) groups is 1. The first-order valence-corrected chi connectivity index (χ1v) is 6.00. The van der Waals surface area contributed by atoms with E-state index in [0.29, 0.717) is 5.41 Å². The number of nitrogens with one attached hydrogen (secondary N) is 1. The van der Waals surface area contributed by atoms with Gasteiger partial charge in [-0.15, -0.1) is 0 Å². The maximum atomic E-state index is 3.47. The Morgan fingerprint density at radius 2 is 1.92 bits per heavy atom. The standard InChI is InChI=1S/C10H23NS/c1-5-12-8-6-7-11-9-10(2,3)4/h11H,5-9H2,1-4H3. The Hall–Kier alpha value is 0.310. The zero-order valence-electron chi connectivity index (χ0n) is 8.94. The zero-order valence-corrected chi connectivity index (χ0v) is 9.76. The van der Waals surface area contributed by atoms with Gasteiger partial charge in [0.15, 0.2) is 0 Å². The lowest BCUT2D eigenvalue weighted by molar-refractivity contribution is 0.381. The number of hydrogen-bond acceptors (Lipinski definition) is 2. The first kappa shape index (κ1) is 12.3. The van der Waals surface area contributed by atoms with E-state index in [4.69, 9.17) is 0 Å². The van der Waals surface area contributed by atoms with Gasteiger partial charge in [-0.3, -0.25) is 0 Å². The minimum absolute atomic E-state index is 0.428. The molecule has 0 bridgehead atoms. The van der Waals surface area contributed by atoms with Crippen LogP contribution >= 0.6 is 11.8 Å². The fourth-order valence-corrected chi connectivity index (χ4v) is 1.54. The van der Waals surface area contributed by atoms with Crippen LogP contribution in [0.1, 0.15) is 34.1 Å². The molecular formula is C10H23NS. The molecule has 0 amide bonds. The summed E-state index contributed by atoms with van der Waals surface area (Å²) in [5.41, 5.74) is 0.428. The smallest absolute Gasteiger partial charge is 0.0000120 e. The molecule has 0 aromatic carbocycles. The summed E-state index contributed by atoms with van der Waals surface area (Å²) in [4.78, 5) is 0. The fraction of sp³-hybridized carbons (Fsp3) is 1.00. The molecule has 1 nitrogen and oxygen atoms in total. The predicted molar refractivity (Wildman–Crippen MR) is 59.9 cm³/mol. The van der Waals surface area contributed by atoms with E-state index >= 15 is 0 Å². The molecule has 2 heteroatoms. The van der Waals surface area contributed by atoms with Crippen LogP contribution < -0.4 is 5.32 Å². The van der Waals surface area contributed by atoms with E-state index in [-0.39, 0.29) is 0 Å². The molecule has 0 atom stereocenters. The molecule has 0 unspecified atom stereocenters. The second-order valence-corrected chi connectivity index (χ2v) is 5.68. The van der Waals surface area contributed by atoms with Crippen molar-refractivity contribution in [1.82, 2.24) is 5.32 Å². The van der Waals surface area contributed by atoms with E-state index < -0.39 is 0 Å². The maximum Gasteiger partial charge on any atom is -0.0000120 e. The quantitative estimate of drug-likeness (QED) is 0.645. The van der Waals surface area contributed by atoms with Crippen molar-refractivity contribution in [2.45, 2.75) is 34.1 Å². The number of hydrogen-bond donors (Lipinski definition) is 1. The summed E-state index contributed by atoms with van der Waals surface area (Å²) < 4.78 is 0. The molecule has 0 rings (SSSR count). The monoisotopic (exact) mass is 189 g/mol. The van der Waals surface area contributed by atoms with Crippen LogP contribution in [0.5, 0.6) is 0 Å². The summed E-state index contributed by atoms with van der Waals surface area (Å²) in [6, 6.07) is 0. The van der Waals surface area contributed by atoms with Crippen molar-refractivity contribution >= 4 is 11.8 Å². The van der Waals surface area contributed by atoms with Gasteiger partial charge >= 0.3 is 0 Å². The maximum absolute atomic E-state index is 3.47. The van der Waals surface area contributed by atoms with Gasteiger partial charge in [-0.25, -0.2) is 0 Å². The van der Waals surface area contributed by atoms with Gasteiger partial charge < -0.3 is 5.32 Å². The van der Waals surface area contributed by atoms with Crippen LogP contribution in [0.25, 0.3) is 0 Å². The van der Waals surface area contributed by atoms with Crippen molar-refractivity contribution in [3.63, 3.8) is 0 Å². The molecule has 0 saturated heterocycles. The zero-order chi connectivity index (χ0) is 9.45. The van der Waals surface area contributed by atoms with E-state index in [0.717, 1.165) is 6.54 Å². The Kier molecular flexibility index (Phi) is 6.96. The molecule has 0 aromatic heterocycles. The van der Waals surface area contributed by atoms with Crippen LogP contribution in [0.3, 0.4) is 0 Å². The summed E-state index contributed by atoms with van der Waals surface area (Å²) in [7, 11) is 0. The van der Waals surface area contributed by atoms with Crippen LogP contribution in [0.15, 0.2) is 0 Å². The van der Waals surface area contributed by atoms with Crippen LogP contribution in [-0.4, -0.2) is 24.6 Å². The third kappa shape index (κ3) is 10.3. The van der Waals surface area contributed by atoms with Crippen LogP contribution in [0.2, 0.25) is 0 Å². The van der Waals surface area contributed by atoms with E-state index in [1.807, 2.05) is 11.8 Å². The number of rotatable bonds is 6. The van der Waals surface area contributed by atoms with E-state index in [1.165, 1.54) is 24.5 Å². The summed E-state index contributed by atoms with van der Waals surface area (Å²) in [5.74, 6) is 2.55. The SMILES string of the molecule is CCSCCCNCC(C)(C)C. The van der Waals surface area contributed by atoms with Crippen molar-refractivity contribution in [2.75, 3.05) is 24.6 Å². The first-order valence-electron chi connectivity index (χ1n) is 4.85. The lowest BCUT2D eigenvalue weighted by atomic mass is 9.97. The summed E-state index contributed by atoms with van der Waals surface area (Å²) >= 11 is 2.03. The lowest BCUT2D eigenvalue weighted by Gasteiger charge is -2.18. The van der Waals surface area contributed by atoms with Crippen molar-refractivity contribution < 1.29 is 0 Å². The Morgan fingerprint density at radius 1 is 1.25 bits per heavy atom. The molecule has 0 saturated carbocycles. The van der Waals surface area contributed by atoms with Crippen molar-refractivity contribution in [2.24, 2.45) is 5.41 Å². The van der Waals surface area contributed by atoms with E-state index in [1.54, 1.807) is 0 Å². The molecule has 0 spiro atoms. The van der Waals surface area contributed by atoms with Gasteiger partial charge in [0.25, 0.3) is 0 Å². The highest BCUT2D eigenvalue weighted by Crippen LogP contribution is 2.10. The van der Waals surface area contributed by atoms with Gasteiger partial charge in [0, 0.05) is 0 Å². The highest BCUT2D eigenvalue weighted by molar-refractivity contribution is 7.99. The first-order chi connectivity index (χ1) is 5.56. The topological polar surface area (TPSA) is 12.0 Å². The van der Waals surface area contributed by atoms with Crippen LogP contribution in [-0.2, 0) is 0 Å². The second kappa shape index (κ2) is 6.79. The van der Waals surface area contributed by atoms with Crippen LogP contribution in [0, 0.1) is 5.41 Å². The molecule has 0 aliphatic rings. The average molecular weight is 189 g/mol. The second-order valence-electron chi connectivity index (χ2n) is 4.29. The minimum atomic E-state index is 0.428. The molecule has 0 fully saturated rings. The Bertz CT molecular complexity index is 96.5. The van der Waals surface area contributed by atoms with Crippen molar-refractivity contribution in [3.05, 3.63) is 0 Å². The van der Waals surface area contributed by atoms with Gasteiger partial charge in [0.05, 0.1) is 0 Å². The highest BCUT2D eigenvalue weighted by atomic mass is 32.2. The summed E-state index contributed by atoms with van der Waals surface area (Å²) in [5, 5.41) is 3.47. The molecule has 0 aliphatic heterocycles. The predicted octanol–water partition coefficient (Wildman–Crippen LogP) is 2.77. The van der Waals surface area contributed by atoms with E-state index in [2.05, 4.69) is 33.0 Å². The van der Waals surface area contributed by atoms with E-state index in [9.17, 15) is 0 Å². The lowest BCUT2D eigenvalue weighted by Crippen LogP contribution is -2.27. The normalized spacial score (nSPS) is 12.0. The molecule has 0 heterocycles. The van der Waals surface area contributed by atoms with Crippen molar-refractivity contribution in [1.29, 1.82) is 0 Å². The highest BCUT2D eigenvalue weighted by Gasteiger charge is 2.07. The van der Waals surface area contributed by atoms with Gasteiger partial charge in [-0.2, -0.15) is 11.8 Å². The fourth-order valence-electron chi connectivity index (χ4n) is 0.907. The Labute approximate surface area is 81.7 Å². The minimum Gasteiger partial charge on any atom is -0.316 e. The molecule has 74 valence electrons.